The van der Waals surface area contributed by atoms with Crippen molar-refractivity contribution in [2.45, 2.75) is 38.9 Å². The first kappa shape index (κ1) is 23.3. The molecule has 0 atom stereocenters. The number of nitriles is 1. The second-order valence-electron chi connectivity index (χ2n) is 7.97. The van der Waals surface area contributed by atoms with Gasteiger partial charge in [0.25, 0.3) is 0 Å². The topological polar surface area (TPSA) is 63.7 Å². The van der Waals surface area contributed by atoms with Crippen molar-refractivity contribution in [1.82, 2.24) is 14.5 Å². The number of rotatable bonds is 8. The molecular formula is C26H23F3N4O. The van der Waals surface area contributed by atoms with Gasteiger partial charge in [-0.1, -0.05) is 55.8 Å². The summed E-state index contributed by atoms with van der Waals surface area (Å²) < 4.78 is 44.5. The van der Waals surface area contributed by atoms with E-state index in [1.54, 1.807) is 12.1 Å². The summed E-state index contributed by atoms with van der Waals surface area (Å²) in [7, 11) is 0. The number of pyridine rings is 1. The van der Waals surface area contributed by atoms with Crippen LogP contribution < -0.4 is 4.74 Å². The quantitative estimate of drug-likeness (QED) is 0.307. The lowest BCUT2D eigenvalue weighted by atomic mass is 9.99. The molecule has 174 valence electrons. The van der Waals surface area contributed by atoms with E-state index in [2.05, 4.69) is 23.0 Å². The van der Waals surface area contributed by atoms with Crippen LogP contribution in [0.25, 0.3) is 22.3 Å². The highest BCUT2D eigenvalue weighted by atomic mass is 19.4. The minimum absolute atomic E-state index is 0.0866. The molecule has 0 fully saturated rings. The molecule has 2 heterocycles. The Bertz CT molecular complexity index is 1320. The second-order valence-corrected chi connectivity index (χ2v) is 7.97. The van der Waals surface area contributed by atoms with Crippen molar-refractivity contribution in [2.75, 3.05) is 6.61 Å². The predicted molar refractivity (Wildman–Crippen MR) is 123 cm³/mol. The lowest BCUT2D eigenvalue weighted by Crippen LogP contribution is -2.19. The fraction of sp³-hybridized carbons (Fsp3) is 0.269. The minimum Gasteiger partial charge on any atom is -0.468 e. The summed E-state index contributed by atoms with van der Waals surface area (Å²) in [6.07, 6.45) is -1.78. The number of aromatic nitrogens is 3. The molecule has 8 heteroatoms. The third kappa shape index (κ3) is 5.37. The monoisotopic (exact) mass is 464 g/mol. The number of hydrogen-bond acceptors (Lipinski definition) is 4. The second kappa shape index (κ2) is 9.96. The smallest absolute Gasteiger partial charge is 0.422 e. The normalized spacial score (nSPS) is 11.5. The number of halogens is 3. The molecule has 5 nitrogen and oxygen atoms in total. The summed E-state index contributed by atoms with van der Waals surface area (Å²) in [4.78, 5) is 9.00. The zero-order valence-electron chi connectivity index (χ0n) is 18.6. The first-order valence-electron chi connectivity index (χ1n) is 11.0. The molecule has 0 bridgehead atoms. The maximum atomic E-state index is 12.6. The Kier molecular flexibility index (Phi) is 6.82. The van der Waals surface area contributed by atoms with Crippen LogP contribution in [-0.2, 0) is 13.0 Å². The van der Waals surface area contributed by atoms with Gasteiger partial charge in [-0.05, 0) is 35.2 Å². The molecule has 34 heavy (non-hydrogen) atoms. The highest BCUT2D eigenvalue weighted by molar-refractivity contribution is 5.73. The van der Waals surface area contributed by atoms with E-state index in [0.29, 0.717) is 23.3 Å². The first-order valence-corrected chi connectivity index (χ1v) is 11.0. The summed E-state index contributed by atoms with van der Waals surface area (Å²) in [6.45, 7) is 1.16. The van der Waals surface area contributed by atoms with E-state index in [0.717, 1.165) is 41.8 Å². The number of imidazole rings is 1. The van der Waals surface area contributed by atoms with E-state index in [-0.39, 0.29) is 5.88 Å². The van der Waals surface area contributed by atoms with Crippen LogP contribution in [0.4, 0.5) is 13.2 Å². The van der Waals surface area contributed by atoms with Crippen LogP contribution in [0.3, 0.4) is 0 Å². The van der Waals surface area contributed by atoms with Crippen LogP contribution in [-0.4, -0.2) is 27.3 Å². The Labute approximate surface area is 195 Å². The number of benzene rings is 2. The lowest BCUT2D eigenvalue weighted by Gasteiger charge is -2.11. The average molecular weight is 464 g/mol. The Hall–Kier alpha value is -3.86. The maximum absolute atomic E-state index is 12.6. The van der Waals surface area contributed by atoms with Gasteiger partial charge >= 0.3 is 6.18 Å². The van der Waals surface area contributed by atoms with E-state index in [1.807, 2.05) is 47.0 Å². The van der Waals surface area contributed by atoms with Crippen LogP contribution in [0.5, 0.6) is 5.88 Å². The SMILES string of the molecule is CCCCc1nc2ccc(OCC(F)(F)F)nc2n1Cc1ccc(-c2ccccc2C#N)cc1. The molecule has 4 rings (SSSR count). The number of ether oxygens (including phenoxy) is 1. The van der Waals surface area contributed by atoms with Crippen LogP contribution in [0, 0.1) is 11.3 Å². The van der Waals surface area contributed by atoms with Crippen molar-refractivity contribution in [2.24, 2.45) is 0 Å². The number of nitrogens with zero attached hydrogens (tertiary/aromatic N) is 4. The number of fused-ring (bicyclic) bond motifs is 1. The number of aryl methyl sites for hydroxylation is 1. The number of alkyl halides is 3. The van der Waals surface area contributed by atoms with Gasteiger partial charge in [-0.2, -0.15) is 23.4 Å². The molecule has 0 aliphatic carbocycles. The molecule has 2 aromatic carbocycles. The first-order chi connectivity index (χ1) is 16.4. The Morgan fingerprint density at radius 1 is 1.00 bits per heavy atom. The van der Waals surface area contributed by atoms with Gasteiger partial charge < -0.3 is 9.30 Å². The van der Waals surface area contributed by atoms with Crippen LogP contribution in [0.15, 0.2) is 60.7 Å². The van der Waals surface area contributed by atoms with E-state index < -0.39 is 12.8 Å². The average Bonchev–Trinajstić information content (AvgIpc) is 3.18. The zero-order valence-corrected chi connectivity index (χ0v) is 18.6. The van der Waals surface area contributed by atoms with Crippen molar-refractivity contribution in [1.29, 1.82) is 5.26 Å². The van der Waals surface area contributed by atoms with Crippen LogP contribution in [0.1, 0.15) is 36.7 Å². The van der Waals surface area contributed by atoms with E-state index in [4.69, 9.17) is 4.74 Å². The van der Waals surface area contributed by atoms with Gasteiger partial charge in [-0.3, -0.25) is 0 Å². The van der Waals surface area contributed by atoms with Gasteiger partial charge in [-0.25, -0.2) is 4.98 Å². The third-order valence-corrected chi connectivity index (χ3v) is 5.44. The summed E-state index contributed by atoms with van der Waals surface area (Å²) in [5.74, 6) is 0.743. The van der Waals surface area contributed by atoms with Crippen molar-refractivity contribution < 1.29 is 17.9 Å². The van der Waals surface area contributed by atoms with Gasteiger partial charge in [0, 0.05) is 12.5 Å². The van der Waals surface area contributed by atoms with E-state index >= 15 is 0 Å². The molecule has 0 aliphatic rings. The number of unbranched alkanes of at least 4 members (excludes halogenated alkanes) is 1. The fourth-order valence-corrected chi connectivity index (χ4v) is 3.76. The number of hydrogen-bond donors (Lipinski definition) is 0. The summed E-state index contributed by atoms with van der Waals surface area (Å²) >= 11 is 0. The molecule has 0 aliphatic heterocycles. The molecule has 0 spiro atoms. The minimum atomic E-state index is -4.44. The standard InChI is InChI=1S/C26H23F3N4O/c1-2-3-8-23-31-22-13-14-24(34-17-26(27,28)29)32-25(22)33(23)16-18-9-11-19(12-10-18)21-7-5-4-6-20(21)15-30/h4-7,9-14H,2-3,8,16-17H2,1H3. The van der Waals surface area contributed by atoms with E-state index in [9.17, 15) is 18.4 Å². The third-order valence-electron chi connectivity index (χ3n) is 5.44. The van der Waals surface area contributed by atoms with Crippen molar-refractivity contribution in [3.05, 3.63) is 77.6 Å². The van der Waals surface area contributed by atoms with Crippen molar-refractivity contribution in [3.63, 3.8) is 0 Å². The van der Waals surface area contributed by atoms with Gasteiger partial charge in [0.15, 0.2) is 12.3 Å². The maximum Gasteiger partial charge on any atom is 0.422 e. The molecule has 0 saturated carbocycles. The Morgan fingerprint density at radius 3 is 2.47 bits per heavy atom. The predicted octanol–water partition coefficient (Wildman–Crippen LogP) is 6.30. The highest BCUT2D eigenvalue weighted by Gasteiger charge is 2.28. The Morgan fingerprint density at radius 2 is 1.76 bits per heavy atom. The van der Waals surface area contributed by atoms with Gasteiger partial charge in [0.1, 0.15) is 11.3 Å². The van der Waals surface area contributed by atoms with Crippen molar-refractivity contribution >= 4 is 11.2 Å². The van der Waals surface area contributed by atoms with E-state index in [1.165, 1.54) is 6.07 Å². The molecule has 2 aromatic heterocycles. The molecule has 0 saturated heterocycles. The van der Waals surface area contributed by atoms with Crippen molar-refractivity contribution in [3.8, 4) is 23.1 Å². The molecule has 4 aromatic rings. The summed E-state index contributed by atoms with van der Waals surface area (Å²) in [5, 5.41) is 9.37. The molecule has 0 amide bonds. The highest BCUT2D eigenvalue weighted by Crippen LogP contribution is 2.26. The summed E-state index contributed by atoms with van der Waals surface area (Å²) in [5.41, 5.74) is 4.49. The molecule has 0 radical (unpaired) electrons. The largest absolute Gasteiger partial charge is 0.468 e. The van der Waals surface area contributed by atoms with Gasteiger partial charge in [0.05, 0.1) is 18.2 Å². The fourth-order valence-electron chi connectivity index (χ4n) is 3.76. The molecule has 0 unspecified atom stereocenters. The molecule has 0 N–H and O–H groups in total. The van der Waals surface area contributed by atoms with Crippen LogP contribution in [0.2, 0.25) is 0 Å². The summed E-state index contributed by atoms with van der Waals surface area (Å²) in [6, 6.07) is 20.6. The van der Waals surface area contributed by atoms with Gasteiger partial charge in [0.2, 0.25) is 5.88 Å². The zero-order chi connectivity index (χ0) is 24.1. The van der Waals surface area contributed by atoms with Crippen LogP contribution >= 0.6 is 0 Å². The molecular weight excluding hydrogens is 441 g/mol. The Balaban J connectivity index is 1.65. The van der Waals surface area contributed by atoms with Gasteiger partial charge in [-0.15, -0.1) is 0 Å². The lowest BCUT2D eigenvalue weighted by molar-refractivity contribution is -0.154.